The quantitative estimate of drug-likeness (QED) is 0.428. The zero-order chi connectivity index (χ0) is 17.4. The van der Waals surface area contributed by atoms with Crippen molar-refractivity contribution in [2.75, 3.05) is 18.5 Å². The maximum Gasteiger partial charge on any atom is 0.494 e. The minimum absolute atomic E-state index is 0.314. The van der Waals surface area contributed by atoms with Gasteiger partial charge >= 0.3 is 7.12 Å². The van der Waals surface area contributed by atoms with Crippen LogP contribution in [0.15, 0.2) is 30.5 Å². The molecule has 1 aromatic carbocycles. The highest BCUT2D eigenvalue weighted by molar-refractivity contribution is 9.09. The van der Waals surface area contributed by atoms with Crippen LogP contribution in [0.1, 0.15) is 27.7 Å². The van der Waals surface area contributed by atoms with Crippen LogP contribution in [-0.2, 0) is 20.6 Å². The van der Waals surface area contributed by atoms with E-state index in [9.17, 15) is 0 Å². The first-order chi connectivity index (χ1) is 11.3. The predicted octanol–water partition coefficient (Wildman–Crippen LogP) is 3.35. The van der Waals surface area contributed by atoms with Crippen molar-refractivity contribution in [3.8, 4) is 0 Å². The number of nitrogens with zero attached hydrogens (tertiary/aromatic N) is 1. The molecular formula is C18H25BBrNO3. The first-order valence-corrected chi connectivity index (χ1v) is 9.54. The van der Waals surface area contributed by atoms with Gasteiger partial charge in [-0.3, -0.25) is 0 Å². The van der Waals surface area contributed by atoms with E-state index in [0.29, 0.717) is 6.61 Å². The van der Waals surface area contributed by atoms with Crippen molar-refractivity contribution in [1.82, 2.24) is 4.57 Å². The summed E-state index contributed by atoms with van der Waals surface area (Å²) in [6.07, 6.45) is 2.11. The van der Waals surface area contributed by atoms with Gasteiger partial charge in [0.25, 0.3) is 0 Å². The number of halogens is 1. The molecule has 0 aliphatic carbocycles. The standard InChI is InChI=1S/C18H25BBrNO3/c1-17(2)18(3,4)24-19(23-17)15-5-6-16-14(13-15)7-9-21(16)10-12-22-11-8-20/h5-7,9,13H,8,10-12H2,1-4H3. The lowest BCUT2D eigenvalue weighted by Crippen LogP contribution is -2.41. The van der Waals surface area contributed by atoms with Crippen molar-refractivity contribution in [2.45, 2.75) is 45.4 Å². The van der Waals surface area contributed by atoms with Gasteiger partial charge in [0.05, 0.1) is 24.4 Å². The van der Waals surface area contributed by atoms with Crippen LogP contribution in [0.2, 0.25) is 0 Å². The topological polar surface area (TPSA) is 32.6 Å². The van der Waals surface area contributed by atoms with E-state index in [1.165, 1.54) is 10.9 Å². The molecule has 6 heteroatoms. The van der Waals surface area contributed by atoms with Crippen LogP contribution in [0, 0.1) is 0 Å². The fraction of sp³-hybridized carbons (Fsp3) is 0.556. The molecule has 0 unspecified atom stereocenters. The maximum atomic E-state index is 6.14. The van der Waals surface area contributed by atoms with Gasteiger partial charge in [0.2, 0.25) is 0 Å². The summed E-state index contributed by atoms with van der Waals surface area (Å²) in [7, 11) is -0.315. The van der Waals surface area contributed by atoms with Crippen LogP contribution in [-0.4, -0.2) is 41.4 Å². The zero-order valence-electron chi connectivity index (χ0n) is 14.8. The van der Waals surface area contributed by atoms with E-state index in [1.54, 1.807) is 0 Å². The third-order valence-electron chi connectivity index (χ3n) is 5.02. The second kappa shape index (κ2) is 6.83. The number of aromatic nitrogens is 1. The van der Waals surface area contributed by atoms with E-state index in [4.69, 9.17) is 14.0 Å². The summed E-state index contributed by atoms with van der Waals surface area (Å²) in [6.45, 7) is 10.6. The van der Waals surface area contributed by atoms with E-state index in [0.717, 1.165) is 23.9 Å². The molecule has 0 atom stereocenters. The molecule has 1 aliphatic rings. The van der Waals surface area contributed by atoms with Crippen LogP contribution >= 0.6 is 15.9 Å². The van der Waals surface area contributed by atoms with Gasteiger partial charge in [-0.05, 0) is 50.7 Å². The molecule has 2 aromatic rings. The summed E-state index contributed by atoms with van der Waals surface area (Å²) in [6, 6.07) is 8.53. The van der Waals surface area contributed by atoms with Gasteiger partial charge in [-0.1, -0.05) is 28.1 Å². The highest BCUT2D eigenvalue weighted by Gasteiger charge is 2.51. The molecule has 3 rings (SSSR count). The number of fused-ring (bicyclic) bond motifs is 1. The Morgan fingerprint density at radius 2 is 1.79 bits per heavy atom. The van der Waals surface area contributed by atoms with E-state index in [-0.39, 0.29) is 18.3 Å². The summed E-state index contributed by atoms with van der Waals surface area (Å²) in [5.74, 6) is 0. The molecule has 0 bridgehead atoms. The molecule has 1 saturated heterocycles. The molecule has 1 fully saturated rings. The van der Waals surface area contributed by atoms with Gasteiger partial charge in [0, 0.05) is 23.6 Å². The SMILES string of the molecule is CC1(C)OB(c2ccc3c(ccn3CCOCCBr)c2)OC1(C)C. The van der Waals surface area contributed by atoms with Crippen LogP contribution in [0.5, 0.6) is 0 Å². The molecule has 0 amide bonds. The largest absolute Gasteiger partial charge is 0.494 e. The molecule has 0 radical (unpaired) electrons. The Kier molecular flexibility index (Phi) is 5.12. The van der Waals surface area contributed by atoms with Crippen molar-refractivity contribution >= 4 is 39.4 Å². The zero-order valence-corrected chi connectivity index (χ0v) is 16.4. The first kappa shape index (κ1) is 18.0. The molecule has 1 aromatic heterocycles. The number of alkyl halides is 1. The number of benzene rings is 1. The van der Waals surface area contributed by atoms with Gasteiger partial charge in [0.1, 0.15) is 0 Å². The minimum Gasteiger partial charge on any atom is -0.399 e. The summed E-state index contributed by atoms with van der Waals surface area (Å²) >= 11 is 3.37. The van der Waals surface area contributed by atoms with E-state index in [2.05, 4.69) is 78.7 Å². The van der Waals surface area contributed by atoms with Crippen LogP contribution in [0.3, 0.4) is 0 Å². The van der Waals surface area contributed by atoms with Crippen molar-refractivity contribution in [3.05, 3.63) is 30.5 Å². The molecule has 0 saturated carbocycles. The highest BCUT2D eigenvalue weighted by Crippen LogP contribution is 2.36. The van der Waals surface area contributed by atoms with E-state index < -0.39 is 0 Å². The summed E-state index contributed by atoms with van der Waals surface area (Å²) in [5, 5.41) is 2.07. The molecule has 0 N–H and O–H groups in total. The van der Waals surface area contributed by atoms with Crippen LogP contribution < -0.4 is 5.46 Å². The molecule has 4 nitrogen and oxygen atoms in total. The van der Waals surface area contributed by atoms with Crippen LogP contribution in [0.4, 0.5) is 0 Å². The Morgan fingerprint density at radius 3 is 2.46 bits per heavy atom. The average Bonchev–Trinajstić information content (AvgIpc) is 3.01. The Hall–Kier alpha value is -0.815. The van der Waals surface area contributed by atoms with Gasteiger partial charge < -0.3 is 18.6 Å². The average molecular weight is 394 g/mol. The Labute approximate surface area is 152 Å². The third-order valence-corrected chi connectivity index (χ3v) is 5.34. The fourth-order valence-electron chi connectivity index (χ4n) is 2.86. The third kappa shape index (κ3) is 3.43. The lowest BCUT2D eigenvalue weighted by molar-refractivity contribution is 0.00578. The lowest BCUT2D eigenvalue weighted by Gasteiger charge is -2.32. The lowest BCUT2D eigenvalue weighted by atomic mass is 9.79. The smallest absolute Gasteiger partial charge is 0.399 e. The molecule has 130 valence electrons. The van der Waals surface area contributed by atoms with Crippen molar-refractivity contribution in [2.24, 2.45) is 0 Å². The van der Waals surface area contributed by atoms with E-state index >= 15 is 0 Å². The van der Waals surface area contributed by atoms with Gasteiger partial charge in [-0.15, -0.1) is 0 Å². The summed E-state index contributed by atoms with van der Waals surface area (Å²) in [5.41, 5.74) is 1.64. The number of ether oxygens (including phenoxy) is 1. The molecule has 24 heavy (non-hydrogen) atoms. The Balaban J connectivity index is 1.76. The van der Waals surface area contributed by atoms with Crippen molar-refractivity contribution in [3.63, 3.8) is 0 Å². The highest BCUT2D eigenvalue weighted by atomic mass is 79.9. The van der Waals surface area contributed by atoms with Crippen LogP contribution in [0.25, 0.3) is 10.9 Å². The van der Waals surface area contributed by atoms with Gasteiger partial charge in [-0.2, -0.15) is 0 Å². The number of hydrogen-bond acceptors (Lipinski definition) is 3. The molecule has 0 spiro atoms. The van der Waals surface area contributed by atoms with Crippen molar-refractivity contribution < 1.29 is 14.0 Å². The van der Waals surface area contributed by atoms with Crippen molar-refractivity contribution in [1.29, 1.82) is 0 Å². The number of rotatable bonds is 6. The fourth-order valence-corrected chi connectivity index (χ4v) is 3.09. The normalized spacial score (nSPS) is 19.3. The van der Waals surface area contributed by atoms with Gasteiger partial charge in [-0.25, -0.2) is 0 Å². The monoisotopic (exact) mass is 393 g/mol. The molecule has 2 heterocycles. The molecule has 1 aliphatic heterocycles. The second-order valence-electron chi connectivity index (χ2n) is 7.22. The summed E-state index contributed by atoms with van der Waals surface area (Å²) < 4.78 is 20.1. The summed E-state index contributed by atoms with van der Waals surface area (Å²) in [4.78, 5) is 0. The van der Waals surface area contributed by atoms with Gasteiger partial charge in [0.15, 0.2) is 0 Å². The predicted molar refractivity (Wildman–Crippen MR) is 102 cm³/mol. The molecular weight excluding hydrogens is 369 g/mol. The minimum atomic E-state index is -0.315. The first-order valence-electron chi connectivity index (χ1n) is 8.42. The Morgan fingerprint density at radius 1 is 1.08 bits per heavy atom. The Bertz CT molecular complexity index is 697. The number of hydrogen-bond donors (Lipinski definition) is 0. The second-order valence-corrected chi connectivity index (χ2v) is 8.01. The maximum absolute atomic E-state index is 6.14. The van der Waals surface area contributed by atoms with E-state index in [1.807, 2.05) is 0 Å².